The zero-order valence-corrected chi connectivity index (χ0v) is 53.1. The van der Waals surface area contributed by atoms with Crippen molar-refractivity contribution in [3.63, 3.8) is 0 Å². The normalized spacial score (nSPS) is 25.6. The third kappa shape index (κ3) is 6.21. The molecule has 5 heterocycles. The number of fused-ring (bicyclic) bond motifs is 9. The van der Waals surface area contributed by atoms with E-state index in [0.717, 1.165) is 12.8 Å². The maximum absolute atomic E-state index is 3.03. The first-order valence-electron chi connectivity index (χ1n) is 31.9. The molecule has 4 bridgehead atoms. The second-order valence-corrected chi connectivity index (χ2v) is 32.8. The minimum absolute atomic E-state index is 0.0107. The van der Waals surface area contributed by atoms with Crippen molar-refractivity contribution in [2.75, 3.05) is 14.7 Å². The molecule has 0 aromatic heterocycles. The Morgan fingerprint density at radius 3 is 1.65 bits per heavy atom. The molecule has 3 nitrogen and oxygen atoms in total. The van der Waals surface area contributed by atoms with Gasteiger partial charge in [0.25, 0.3) is 6.71 Å². The van der Waals surface area contributed by atoms with Crippen molar-refractivity contribution in [1.29, 1.82) is 0 Å². The van der Waals surface area contributed by atoms with E-state index in [2.05, 4.69) is 261 Å². The summed E-state index contributed by atoms with van der Waals surface area (Å²) in [7, 11) is 0. The van der Waals surface area contributed by atoms with Crippen LogP contribution in [0.5, 0.6) is 0 Å². The lowest BCUT2D eigenvalue weighted by Crippen LogP contribution is -2.65. The molecule has 7 aromatic rings. The highest BCUT2D eigenvalue weighted by molar-refractivity contribution is 7.01. The Hall–Kier alpha value is -6.00. The molecule has 2 fully saturated rings. The van der Waals surface area contributed by atoms with E-state index in [9.17, 15) is 0 Å². The summed E-state index contributed by atoms with van der Waals surface area (Å²) < 4.78 is 0. The van der Waals surface area contributed by atoms with E-state index in [-0.39, 0.29) is 61.1 Å². The van der Waals surface area contributed by atoms with E-state index in [0.29, 0.717) is 0 Å². The number of nitrogens with zero attached hydrogens (tertiary/aromatic N) is 3. The van der Waals surface area contributed by atoms with Crippen LogP contribution in [0.4, 0.5) is 39.8 Å². The molecule has 420 valence electrons. The summed E-state index contributed by atoms with van der Waals surface area (Å²) >= 11 is 0. The van der Waals surface area contributed by atoms with Crippen molar-refractivity contribution in [3.8, 4) is 22.3 Å². The average Bonchev–Trinajstić information content (AvgIpc) is 1.84. The molecule has 4 unspecified atom stereocenters. The lowest BCUT2D eigenvalue weighted by molar-refractivity contribution is 0.0905. The Labute approximate surface area is 493 Å². The highest BCUT2D eigenvalue weighted by Crippen LogP contribution is 2.68. The van der Waals surface area contributed by atoms with Gasteiger partial charge in [-0.05, 0) is 181 Å². The molecule has 0 amide bonds. The van der Waals surface area contributed by atoms with Crippen molar-refractivity contribution in [3.05, 3.63) is 166 Å². The number of benzene rings is 7. The Bertz CT molecular complexity index is 3930. The molecule has 82 heavy (non-hydrogen) atoms. The number of rotatable bonds is 3. The minimum Gasteiger partial charge on any atom is -0.335 e. The van der Waals surface area contributed by atoms with Gasteiger partial charge < -0.3 is 14.7 Å². The molecule has 8 aliphatic rings. The van der Waals surface area contributed by atoms with Crippen LogP contribution in [-0.4, -0.2) is 17.8 Å². The fourth-order valence-electron chi connectivity index (χ4n) is 20.2. The fraction of sp³-hybridized carbons (Fsp3) is 0.462. The highest BCUT2D eigenvalue weighted by atomic mass is 15.3. The van der Waals surface area contributed by atoms with Gasteiger partial charge in [-0.25, -0.2) is 0 Å². The van der Waals surface area contributed by atoms with E-state index in [1.165, 1.54) is 156 Å². The van der Waals surface area contributed by atoms with Gasteiger partial charge in [-0.15, -0.1) is 0 Å². The summed E-state index contributed by atoms with van der Waals surface area (Å²) in [4.78, 5) is 8.76. The SMILES string of the molecule is CC(C)(C)c1ccc(N2c3cc(N4c5ccc(C(C)(C)C)cc5C5(C)CCCCC45C)cc4c3B3c5cc(cc6c5N4C4(C)CCCCC64C)C(C(C)(C)C)(C(C)(C)C)c4ccc5c(c4)-c4c(ccc2c43)C5(C)C)c(-c2ccccc2)c1. The molecule has 3 aliphatic carbocycles. The maximum Gasteiger partial charge on any atom is 0.252 e. The van der Waals surface area contributed by atoms with Crippen LogP contribution in [0.15, 0.2) is 121 Å². The van der Waals surface area contributed by atoms with Gasteiger partial charge in [-0.2, -0.15) is 0 Å². The second kappa shape index (κ2) is 16.0. The van der Waals surface area contributed by atoms with Crippen LogP contribution in [0.25, 0.3) is 22.3 Å². The molecular formula is C78H90BN3. The monoisotopic (exact) mass is 1080 g/mol. The minimum atomic E-state index is -0.331. The van der Waals surface area contributed by atoms with Gasteiger partial charge in [0.2, 0.25) is 0 Å². The van der Waals surface area contributed by atoms with Crippen molar-refractivity contribution >= 4 is 62.9 Å². The zero-order valence-electron chi connectivity index (χ0n) is 53.1. The van der Waals surface area contributed by atoms with Gasteiger partial charge in [0.15, 0.2) is 0 Å². The van der Waals surface area contributed by atoms with Gasteiger partial charge in [0.1, 0.15) is 0 Å². The van der Waals surface area contributed by atoms with Crippen LogP contribution in [0.2, 0.25) is 0 Å². The van der Waals surface area contributed by atoms with E-state index >= 15 is 0 Å². The molecule has 0 radical (unpaired) electrons. The Balaban J connectivity index is 1.15. The lowest BCUT2D eigenvalue weighted by Gasteiger charge is -2.56. The third-order valence-corrected chi connectivity index (χ3v) is 24.4. The van der Waals surface area contributed by atoms with Crippen LogP contribution in [0.3, 0.4) is 0 Å². The predicted octanol–water partition coefficient (Wildman–Crippen LogP) is 19.0. The van der Waals surface area contributed by atoms with Crippen LogP contribution in [-0.2, 0) is 32.5 Å². The summed E-state index contributed by atoms with van der Waals surface area (Å²) in [6.07, 6.45) is 9.65. The van der Waals surface area contributed by atoms with Crippen LogP contribution in [0, 0.1) is 10.8 Å². The quantitative estimate of drug-likeness (QED) is 0.163. The van der Waals surface area contributed by atoms with Crippen molar-refractivity contribution in [2.45, 2.75) is 220 Å². The molecule has 7 aromatic carbocycles. The first-order chi connectivity index (χ1) is 38.4. The first kappa shape index (κ1) is 52.8. The van der Waals surface area contributed by atoms with Gasteiger partial charge in [0, 0.05) is 61.3 Å². The summed E-state index contributed by atoms with van der Waals surface area (Å²) in [6.45, 7) is 45.3. The number of anilines is 7. The van der Waals surface area contributed by atoms with E-state index in [1.807, 2.05) is 0 Å². The fourth-order valence-corrected chi connectivity index (χ4v) is 20.2. The molecule has 5 aliphatic heterocycles. The number of hydrogen-bond donors (Lipinski definition) is 0. The van der Waals surface area contributed by atoms with Gasteiger partial charge in [-0.1, -0.05) is 215 Å². The highest BCUT2D eigenvalue weighted by Gasteiger charge is 2.65. The molecule has 2 saturated carbocycles. The lowest BCUT2D eigenvalue weighted by atomic mass is 9.32. The molecule has 0 spiro atoms. The van der Waals surface area contributed by atoms with Crippen LogP contribution < -0.4 is 31.1 Å². The van der Waals surface area contributed by atoms with E-state index in [4.69, 9.17) is 0 Å². The van der Waals surface area contributed by atoms with Crippen molar-refractivity contribution in [1.82, 2.24) is 0 Å². The summed E-state index contributed by atoms with van der Waals surface area (Å²) in [5.74, 6) is 0. The van der Waals surface area contributed by atoms with Crippen LogP contribution in [0.1, 0.15) is 221 Å². The molecular weight excluding hydrogens is 990 g/mol. The first-order valence-corrected chi connectivity index (χ1v) is 31.9. The third-order valence-electron chi connectivity index (χ3n) is 24.4. The molecule has 0 N–H and O–H groups in total. The van der Waals surface area contributed by atoms with Crippen molar-refractivity contribution in [2.24, 2.45) is 10.8 Å². The molecule has 0 saturated heterocycles. The van der Waals surface area contributed by atoms with Gasteiger partial charge in [0.05, 0.1) is 16.8 Å². The molecule has 4 atom stereocenters. The Morgan fingerprint density at radius 1 is 0.427 bits per heavy atom. The van der Waals surface area contributed by atoms with Crippen LogP contribution >= 0.6 is 0 Å². The summed E-state index contributed by atoms with van der Waals surface area (Å²) in [5.41, 5.74) is 30.0. The second-order valence-electron chi connectivity index (χ2n) is 32.8. The standard InChI is InChI=1S/C78H90BN3/c1-69(2,3)48-29-33-60(53(40-48)47-26-20-19-21-27-47)80-62-35-32-56-65-54-41-50(28-31-55(54)73(56,13)14)78(71(7,8)9,72(10,11)12)51-43-58-68-59(44-51)79(67(62)65)66-63(80)45-52(46-64(66)82(68)77(18)39-25-23-37-75(58,77)16)81-61-34-30-49(70(4,5)6)42-57(61)74(15)36-22-24-38-76(74,81)17/h19-21,26-35,40-46H,22-25,36-39H2,1-18H3. The molecule has 15 rings (SSSR count). The maximum atomic E-state index is 3.03. The average molecular weight is 1080 g/mol. The summed E-state index contributed by atoms with van der Waals surface area (Å²) in [5, 5.41) is 0. The van der Waals surface area contributed by atoms with E-state index in [1.54, 1.807) is 5.56 Å². The number of hydrogen-bond acceptors (Lipinski definition) is 3. The van der Waals surface area contributed by atoms with Crippen molar-refractivity contribution < 1.29 is 0 Å². The Morgan fingerprint density at radius 2 is 1.00 bits per heavy atom. The predicted molar refractivity (Wildman–Crippen MR) is 351 cm³/mol. The largest absolute Gasteiger partial charge is 0.335 e. The summed E-state index contributed by atoms with van der Waals surface area (Å²) in [6, 6.07) is 50.7. The van der Waals surface area contributed by atoms with Gasteiger partial charge >= 0.3 is 0 Å². The Kier molecular flexibility index (Phi) is 10.3. The smallest absolute Gasteiger partial charge is 0.252 e. The molecule has 4 heteroatoms. The zero-order chi connectivity index (χ0) is 57.8. The van der Waals surface area contributed by atoms with E-state index < -0.39 is 0 Å². The topological polar surface area (TPSA) is 9.72 Å². The van der Waals surface area contributed by atoms with Gasteiger partial charge in [-0.3, -0.25) is 0 Å².